The summed E-state index contributed by atoms with van der Waals surface area (Å²) < 4.78 is 5.19. The van der Waals surface area contributed by atoms with Gasteiger partial charge in [0.05, 0.1) is 13.7 Å². The first-order valence-corrected chi connectivity index (χ1v) is 7.05. The molecule has 0 saturated heterocycles. The number of nitrogens with one attached hydrogen (secondary N) is 1. The Kier molecular flexibility index (Phi) is 3.93. The summed E-state index contributed by atoms with van der Waals surface area (Å²) in [6, 6.07) is 11.4. The molecule has 0 atom stereocenters. The van der Waals surface area contributed by atoms with Crippen molar-refractivity contribution in [2.75, 3.05) is 19.0 Å². The number of amides is 1. The van der Waals surface area contributed by atoms with E-state index in [0.717, 1.165) is 16.9 Å². The maximum atomic E-state index is 11.9. The number of pyridine rings is 1. The van der Waals surface area contributed by atoms with E-state index in [-0.39, 0.29) is 0 Å². The van der Waals surface area contributed by atoms with Crippen molar-refractivity contribution in [3.8, 4) is 5.75 Å². The molecule has 6 heteroatoms. The van der Waals surface area contributed by atoms with Crippen LogP contribution in [0.1, 0.15) is 21.6 Å². The maximum Gasteiger partial charge on any atom is 0.296 e. The predicted octanol–water partition coefficient (Wildman–Crippen LogP) is 2.09. The second kappa shape index (κ2) is 6.03. The van der Waals surface area contributed by atoms with Gasteiger partial charge >= 0.3 is 0 Å². The molecule has 0 radical (unpaired) electrons. The molecule has 3 rings (SSSR count). The number of carbonyl (C=O) groups excluding carboxylic acids is 1. The minimum Gasteiger partial charge on any atom is -0.497 e. The van der Waals surface area contributed by atoms with Crippen molar-refractivity contribution in [2.45, 2.75) is 13.0 Å². The van der Waals surface area contributed by atoms with Crippen molar-refractivity contribution in [2.24, 2.45) is 0 Å². The molecule has 1 aromatic carbocycles. The topological polar surface area (TPSA) is 74.7 Å². The molecular weight excluding hydrogens is 282 g/mol. The average molecular weight is 299 g/mol. The first-order valence-electron chi connectivity index (χ1n) is 7.05. The van der Waals surface area contributed by atoms with Crippen LogP contribution >= 0.6 is 0 Å². The number of fused-ring (bicyclic) bond motifs is 1. The molecule has 114 valence electrons. The number of benzene rings is 1. The number of carbonyl (C=O) groups is 1. The van der Waals surface area contributed by atoms with Gasteiger partial charge in [-0.25, -0.2) is 10.0 Å². The van der Waals surface area contributed by atoms with Gasteiger partial charge in [-0.2, -0.15) is 0 Å². The molecule has 1 aliphatic rings. The number of methoxy groups -OCH3 is 1. The number of aromatic nitrogens is 1. The molecule has 2 heterocycles. The summed E-state index contributed by atoms with van der Waals surface area (Å²) in [5.41, 5.74) is 2.22. The third-order valence-electron chi connectivity index (χ3n) is 3.62. The fraction of sp³-hybridized carbons (Fsp3) is 0.250. The summed E-state index contributed by atoms with van der Waals surface area (Å²) in [7, 11) is 1.63. The molecule has 0 bridgehead atoms. The molecule has 1 amide bonds. The van der Waals surface area contributed by atoms with Crippen LogP contribution in [0.2, 0.25) is 0 Å². The number of anilines is 1. The van der Waals surface area contributed by atoms with E-state index in [1.807, 2.05) is 36.4 Å². The summed E-state index contributed by atoms with van der Waals surface area (Å²) in [5.74, 6) is 0.945. The number of ether oxygens (including phenoxy) is 1. The predicted molar refractivity (Wildman–Crippen MR) is 81.1 cm³/mol. The lowest BCUT2D eigenvalue weighted by Crippen LogP contribution is -2.35. The van der Waals surface area contributed by atoms with E-state index in [1.54, 1.807) is 7.11 Å². The smallest absolute Gasteiger partial charge is 0.296 e. The van der Waals surface area contributed by atoms with E-state index in [1.165, 1.54) is 0 Å². The summed E-state index contributed by atoms with van der Waals surface area (Å²) in [4.78, 5) is 16.2. The third-order valence-corrected chi connectivity index (χ3v) is 3.62. The number of hydrogen-bond donors (Lipinski definition) is 2. The zero-order valence-electron chi connectivity index (χ0n) is 12.2. The van der Waals surface area contributed by atoms with Crippen molar-refractivity contribution < 1.29 is 14.7 Å². The Hall–Kier alpha value is -2.60. The molecule has 22 heavy (non-hydrogen) atoms. The van der Waals surface area contributed by atoms with Gasteiger partial charge in [0.2, 0.25) is 0 Å². The Morgan fingerprint density at radius 2 is 2.23 bits per heavy atom. The number of hydrogen-bond acceptors (Lipinski definition) is 5. The largest absolute Gasteiger partial charge is 0.497 e. The van der Waals surface area contributed by atoms with E-state index in [9.17, 15) is 10.0 Å². The average Bonchev–Trinajstić information content (AvgIpc) is 2.57. The number of hydroxylamine groups is 2. The van der Waals surface area contributed by atoms with Crippen LogP contribution in [-0.4, -0.2) is 34.8 Å². The van der Waals surface area contributed by atoms with Crippen molar-refractivity contribution in [3.63, 3.8) is 0 Å². The number of nitrogens with zero attached hydrogens (tertiary/aromatic N) is 2. The first kappa shape index (κ1) is 14.3. The Bertz CT molecular complexity index is 703. The van der Waals surface area contributed by atoms with Crippen molar-refractivity contribution in [1.82, 2.24) is 10.0 Å². The second-order valence-corrected chi connectivity index (χ2v) is 5.09. The zero-order valence-corrected chi connectivity index (χ0v) is 12.2. The van der Waals surface area contributed by atoms with Crippen LogP contribution in [-0.2, 0) is 13.0 Å². The third kappa shape index (κ3) is 2.87. The van der Waals surface area contributed by atoms with Crippen molar-refractivity contribution >= 4 is 11.7 Å². The molecule has 1 aromatic heterocycles. The highest BCUT2D eigenvalue weighted by molar-refractivity contribution is 5.94. The highest BCUT2D eigenvalue weighted by Gasteiger charge is 2.24. The summed E-state index contributed by atoms with van der Waals surface area (Å²) in [6.07, 6.45) is 0.612. The van der Waals surface area contributed by atoms with Gasteiger partial charge in [0, 0.05) is 6.54 Å². The quantitative estimate of drug-likeness (QED) is 0.846. The van der Waals surface area contributed by atoms with Crippen LogP contribution in [0.5, 0.6) is 5.75 Å². The Morgan fingerprint density at radius 3 is 3.05 bits per heavy atom. The van der Waals surface area contributed by atoms with Gasteiger partial charge in [0.1, 0.15) is 17.3 Å². The molecule has 0 fully saturated rings. The van der Waals surface area contributed by atoms with E-state index < -0.39 is 5.91 Å². The van der Waals surface area contributed by atoms with E-state index in [0.29, 0.717) is 36.1 Å². The molecule has 0 unspecified atom stereocenters. The van der Waals surface area contributed by atoms with Gasteiger partial charge in [0.25, 0.3) is 5.91 Å². The van der Waals surface area contributed by atoms with E-state index >= 15 is 0 Å². The molecule has 6 nitrogen and oxygen atoms in total. The molecule has 1 aliphatic heterocycles. The summed E-state index contributed by atoms with van der Waals surface area (Å²) >= 11 is 0. The van der Waals surface area contributed by atoms with Gasteiger partial charge in [-0.15, -0.1) is 0 Å². The second-order valence-electron chi connectivity index (χ2n) is 5.09. The van der Waals surface area contributed by atoms with Gasteiger partial charge in [-0.1, -0.05) is 18.2 Å². The highest BCUT2D eigenvalue weighted by Crippen LogP contribution is 2.19. The Labute approximate surface area is 128 Å². The molecule has 2 aromatic rings. The lowest BCUT2D eigenvalue weighted by molar-refractivity contribution is -0.0607. The standard InChI is InChI=1S/C16H17N3O3/c1-22-13-4-2-3-11(9-13)10-17-14-6-5-12-7-8-19(21)16(20)15(12)18-14/h2-6,9,21H,7-8,10H2,1H3,(H,17,18). The summed E-state index contributed by atoms with van der Waals surface area (Å²) in [5, 5.41) is 13.4. The summed E-state index contributed by atoms with van der Waals surface area (Å²) in [6.45, 7) is 0.879. The molecule has 2 N–H and O–H groups in total. The zero-order chi connectivity index (χ0) is 15.5. The van der Waals surface area contributed by atoms with Gasteiger partial charge in [-0.05, 0) is 35.7 Å². The van der Waals surface area contributed by atoms with Crippen molar-refractivity contribution in [1.29, 1.82) is 0 Å². The highest BCUT2D eigenvalue weighted by atomic mass is 16.5. The number of rotatable bonds is 4. The van der Waals surface area contributed by atoms with Crippen LogP contribution in [0.4, 0.5) is 5.82 Å². The molecular formula is C16H17N3O3. The maximum absolute atomic E-state index is 11.9. The van der Waals surface area contributed by atoms with E-state index in [2.05, 4.69) is 10.3 Å². The molecule has 0 spiro atoms. The van der Waals surface area contributed by atoms with E-state index in [4.69, 9.17) is 4.74 Å². The normalized spacial score (nSPS) is 13.7. The monoisotopic (exact) mass is 299 g/mol. The fourth-order valence-corrected chi connectivity index (χ4v) is 2.40. The van der Waals surface area contributed by atoms with Crippen LogP contribution in [0.15, 0.2) is 36.4 Å². The van der Waals surface area contributed by atoms with Crippen LogP contribution in [0.3, 0.4) is 0 Å². The van der Waals surface area contributed by atoms with Crippen LogP contribution in [0.25, 0.3) is 0 Å². The minimum atomic E-state index is -0.453. The Morgan fingerprint density at radius 1 is 1.36 bits per heavy atom. The SMILES string of the molecule is COc1cccc(CNc2ccc3c(n2)C(=O)N(O)CC3)c1. The fourth-order valence-electron chi connectivity index (χ4n) is 2.40. The van der Waals surface area contributed by atoms with Gasteiger partial charge in [0.15, 0.2) is 0 Å². The minimum absolute atomic E-state index is 0.310. The lowest BCUT2D eigenvalue weighted by atomic mass is 10.1. The first-order chi connectivity index (χ1) is 10.7. The molecule has 0 aliphatic carbocycles. The molecule has 0 saturated carbocycles. The Balaban J connectivity index is 1.74. The van der Waals surface area contributed by atoms with Gasteiger partial charge < -0.3 is 10.1 Å². The lowest BCUT2D eigenvalue weighted by Gasteiger charge is -2.22. The van der Waals surface area contributed by atoms with Crippen molar-refractivity contribution in [3.05, 3.63) is 53.2 Å². The van der Waals surface area contributed by atoms with Crippen LogP contribution in [0, 0.1) is 0 Å². The van der Waals surface area contributed by atoms with Crippen LogP contribution < -0.4 is 10.1 Å². The van der Waals surface area contributed by atoms with Gasteiger partial charge in [-0.3, -0.25) is 10.0 Å².